The van der Waals surface area contributed by atoms with Crippen LogP contribution in [-0.4, -0.2) is 23.8 Å². The first-order chi connectivity index (χ1) is 17.1. The number of aliphatic hydroxyl groups is 1. The van der Waals surface area contributed by atoms with Gasteiger partial charge in [0.1, 0.15) is 0 Å². The van der Waals surface area contributed by atoms with Crippen molar-refractivity contribution in [3.63, 3.8) is 0 Å². The van der Waals surface area contributed by atoms with Gasteiger partial charge in [0.25, 0.3) is 5.91 Å². The number of carbonyl (C=O) groups excluding carboxylic acids is 1. The Balaban J connectivity index is 1.36. The predicted molar refractivity (Wildman–Crippen MR) is 134 cm³/mol. The van der Waals surface area contributed by atoms with Crippen LogP contribution < -0.4 is 5.32 Å². The number of allylic oxidation sites excluding steroid dienone is 1. The summed E-state index contributed by atoms with van der Waals surface area (Å²) in [6, 6.07) is 22.6. The highest BCUT2D eigenvalue weighted by molar-refractivity contribution is 5.92. The van der Waals surface area contributed by atoms with Gasteiger partial charge in [0, 0.05) is 12.3 Å². The fraction of sp³-hybridized carbons (Fsp3) is 0.233. The zero-order valence-corrected chi connectivity index (χ0v) is 19.4. The van der Waals surface area contributed by atoms with Crippen molar-refractivity contribution in [1.82, 2.24) is 5.32 Å². The fourth-order valence-corrected chi connectivity index (χ4v) is 4.69. The summed E-state index contributed by atoms with van der Waals surface area (Å²) in [5.74, 6) is 2.26. The molecular weight excluding hydrogens is 438 g/mol. The average Bonchev–Trinajstić information content (AvgIpc) is 3.28. The van der Waals surface area contributed by atoms with Gasteiger partial charge in [-0.1, -0.05) is 72.7 Å². The van der Waals surface area contributed by atoms with Crippen LogP contribution in [0.5, 0.6) is 0 Å². The van der Waals surface area contributed by atoms with Gasteiger partial charge in [-0.3, -0.25) is 4.79 Å². The third-order valence-corrected chi connectivity index (χ3v) is 6.52. The van der Waals surface area contributed by atoms with E-state index in [1.807, 2.05) is 30.3 Å². The largest absolute Gasteiger partial charge is 0.459 e. The molecule has 1 amide bonds. The Morgan fingerprint density at radius 1 is 1.06 bits per heavy atom. The monoisotopic (exact) mass is 465 g/mol. The van der Waals surface area contributed by atoms with E-state index in [0.717, 1.165) is 23.1 Å². The zero-order valence-electron chi connectivity index (χ0n) is 19.4. The molecular formula is C30H27NO4. The van der Waals surface area contributed by atoms with Crippen molar-refractivity contribution in [2.24, 2.45) is 0 Å². The van der Waals surface area contributed by atoms with E-state index in [4.69, 9.17) is 15.9 Å². The third-order valence-electron chi connectivity index (χ3n) is 6.52. The van der Waals surface area contributed by atoms with Crippen LogP contribution in [0.1, 0.15) is 40.2 Å². The molecule has 5 nitrogen and oxygen atoms in total. The van der Waals surface area contributed by atoms with Crippen molar-refractivity contribution in [3.05, 3.63) is 106 Å². The quantitative estimate of drug-likeness (QED) is 0.396. The summed E-state index contributed by atoms with van der Waals surface area (Å²) in [5, 5.41) is 11.9. The van der Waals surface area contributed by atoms with Crippen molar-refractivity contribution in [2.75, 3.05) is 6.54 Å². The van der Waals surface area contributed by atoms with Crippen molar-refractivity contribution in [2.45, 2.75) is 38.3 Å². The van der Waals surface area contributed by atoms with Crippen LogP contribution in [0, 0.1) is 12.3 Å². The molecule has 3 aromatic rings. The van der Waals surface area contributed by atoms with Crippen LogP contribution in [0.2, 0.25) is 0 Å². The van der Waals surface area contributed by atoms with Crippen LogP contribution in [0.25, 0.3) is 11.1 Å². The lowest BCUT2D eigenvalue weighted by atomic mass is 9.90. The molecule has 0 saturated heterocycles. The summed E-state index contributed by atoms with van der Waals surface area (Å²) in [6.07, 6.45) is 8.09. The number of benzene rings is 3. The van der Waals surface area contributed by atoms with Crippen molar-refractivity contribution >= 4 is 5.91 Å². The molecule has 2 N–H and O–H groups in total. The maximum absolute atomic E-state index is 12.7. The summed E-state index contributed by atoms with van der Waals surface area (Å²) in [5.41, 5.74) is 8.13. The van der Waals surface area contributed by atoms with Crippen LogP contribution in [-0.2, 0) is 33.9 Å². The predicted octanol–water partition coefficient (Wildman–Crippen LogP) is 4.43. The van der Waals surface area contributed by atoms with Crippen LogP contribution in [0.3, 0.4) is 0 Å². The maximum Gasteiger partial charge on any atom is 0.286 e. The molecule has 176 valence electrons. The lowest BCUT2D eigenvalue weighted by Crippen LogP contribution is -2.33. The molecule has 0 fully saturated rings. The molecule has 5 rings (SSSR count). The van der Waals surface area contributed by atoms with E-state index >= 15 is 0 Å². The van der Waals surface area contributed by atoms with Gasteiger partial charge >= 0.3 is 0 Å². The second kappa shape index (κ2) is 10.2. The first-order valence-corrected chi connectivity index (χ1v) is 11.8. The van der Waals surface area contributed by atoms with Crippen molar-refractivity contribution in [3.8, 4) is 23.5 Å². The molecule has 0 saturated carbocycles. The van der Waals surface area contributed by atoms with Crippen molar-refractivity contribution < 1.29 is 19.4 Å². The van der Waals surface area contributed by atoms with Gasteiger partial charge in [-0.2, -0.15) is 0 Å². The molecule has 0 spiro atoms. The highest BCUT2D eigenvalue weighted by Crippen LogP contribution is 2.39. The number of aliphatic hydroxyl groups excluding tert-OH is 1. The number of hydrogen-bond donors (Lipinski definition) is 2. The first-order valence-electron chi connectivity index (χ1n) is 11.8. The number of ether oxygens (including phenoxy) is 2. The Morgan fingerprint density at radius 2 is 1.83 bits per heavy atom. The summed E-state index contributed by atoms with van der Waals surface area (Å²) in [7, 11) is 0. The van der Waals surface area contributed by atoms with E-state index in [1.54, 1.807) is 0 Å². The average molecular weight is 466 g/mol. The van der Waals surface area contributed by atoms with Crippen molar-refractivity contribution in [1.29, 1.82) is 0 Å². The molecule has 1 aliphatic carbocycles. The summed E-state index contributed by atoms with van der Waals surface area (Å²) >= 11 is 0. The van der Waals surface area contributed by atoms with Crippen LogP contribution in [0.15, 0.2) is 78.6 Å². The Labute approximate surface area is 205 Å². The maximum atomic E-state index is 12.7. The fourth-order valence-electron chi connectivity index (χ4n) is 4.69. The number of amides is 1. The molecule has 2 atom stereocenters. The Morgan fingerprint density at radius 3 is 2.63 bits per heavy atom. The minimum absolute atomic E-state index is 0.00133. The van der Waals surface area contributed by atoms with Gasteiger partial charge in [0.2, 0.25) is 6.29 Å². The molecule has 1 heterocycles. The normalized spacial score (nSPS) is 18.0. The van der Waals surface area contributed by atoms with Gasteiger partial charge in [0.05, 0.1) is 19.8 Å². The minimum Gasteiger partial charge on any atom is -0.459 e. The first kappa shape index (κ1) is 22.9. The molecule has 5 heteroatoms. The standard InChI is InChI=1S/C30H27NO4/c1-2-13-31-30(33)28-16-24(17-29(35-28)34-19-21-9-7-20(18-32)8-10-21)22-11-12-27-25(14-22)15-23-5-3-4-6-26(23)27/h1,3-12,14,16,24,29,32H,13,15,17-19H2,(H,31,33)/t24-,29+/m0/s1. The molecule has 3 aromatic carbocycles. The third kappa shape index (κ3) is 5.00. The highest BCUT2D eigenvalue weighted by Gasteiger charge is 2.29. The molecule has 1 aliphatic heterocycles. The minimum atomic E-state index is -0.584. The summed E-state index contributed by atoms with van der Waals surface area (Å²) in [6.45, 7) is 0.465. The van der Waals surface area contributed by atoms with Gasteiger partial charge in [0.15, 0.2) is 5.76 Å². The summed E-state index contributed by atoms with van der Waals surface area (Å²) < 4.78 is 12.0. The van der Waals surface area contributed by atoms with E-state index < -0.39 is 6.29 Å². The van der Waals surface area contributed by atoms with E-state index in [9.17, 15) is 9.90 Å². The summed E-state index contributed by atoms with van der Waals surface area (Å²) in [4.78, 5) is 12.7. The lowest BCUT2D eigenvalue weighted by Gasteiger charge is -2.29. The lowest BCUT2D eigenvalue weighted by molar-refractivity contribution is -0.150. The topological polar surface area (TPSA) is 67.8 Å². The Hall–Kier alpha value is -3.85. The second-order valence-electron chi connectivity index (χ2n) is 8.84. The molecule has 2 aliphatic rings. The number of terminal acetylenes is 1. The van der Waals surface area contributed by atoms with Crippen LogP contribution in [0.4, 0.5) is 0 Å². The molecule has 0 unspecified atom stereocenters. The zero-order chi connectivity index (χ0) is 24.2. The number of hydrogen-bond acceptors (Lipinski definition) is 4. The molecule has 35 heavy (non-hydrogen) atoms. The van der Waals surface area contributed by atoms with E-state index in [0.29, 0.717) is 13.0 Å². The number of carbonyl (C=O) groups is 1. The number of rotatable bonds is 7. The molecule has 0 radical (unpaired) electrons. The Bertz CT molecular complexity index is 1300. The number of fused-ring (bicyclic) bond motifs is 3. The van der Waals surface area contributed by atoms with Crippen LogP contribution >= 0.6 is 0 Å². The highest BCUT2D eigenvalue weighted by atomic mass is 16.7. The van der Waals surface area contributed by atoms with Gasteiger partial charge in [-0.25, -0.2) is 0 Å². The molecule has 0 aromatic heterocycles. The second-order valence-corrected chi connectivity index (χ2v) is 8.84. The SMILES string of the molecule is C#CCNC(=O)C1=C[C@H](c2ccc3c(c2)Cc2ccccc2-3)C[C@H](OCc2ccc(CO)cc2)O1. The van der Waals surface area contributed by atoms with E-state index in [2.05, 4.69) is 53.7 Å². The van der Waals surface area contributed by atoms with Gasteiger partial charge in [-0.05, 0) is 51.4 Å². The van der Waals surface area contributed by atoms with Gasteiger partial charge in [-0.15, -0.1) is 6.42 Å². The smallest absolute Gasteiger partial charge is 0.286 e. The number of nitrogens with one attached hydrogen (secondary N) is 1. The van der Waals surface area contributed by atoms with E-state index in [1.165, 1.54) is 22.3 Å². The Kier molecular flexibility index (Phi) is 6.67. The van der Waals surface area contributed by atoms with Gasteiger partial charge < -0.3 is 19.9 Å². The molecule has 0 bridgehead atoms. The van der Waals surface area contributed by atoms with E-state index in [-0.39, 0.29) is 30.7 Å².